The lowest BCUT2D eigenvalue weighted by Gasteiger charge is -2.27. The van der Waals surface area contributed by atoms with Crippen molar-refractivity contribution >= 4 is 5.69 Å². The molecule has 0 spiro atoms. The first-order valence-corrected chi connectivity index (χ1v) is 6.18. The van der Waals surface area contributed by atoms with Crippen LogP contribution in [0.25, 0.3) is 0 Å². The third-order valence-corrected chi connectivity index (χ3v) is 3.07. The van der Waals surface area contributed by atoms with Gasteiger partial charge in [-0.15, -0.1) is 0 Å². The monoisotopic (exact) mass is 240 g/mol. The van der Waals surface area contributed by atoms with Crippen LogP contribution in [-0.4, -0.2) is 47.5 Å². The molecule has 98 valence electrons. The van der Waals surface area contributed by atoms with Crippen LogP contribution in [0.15, 0.2) is 12.4 Å². The number of rotatable bonds is 8. The summed E-state index contributed by atoms with van der Waals surface area (Å²) in [5, 5.41) is 4.19. The molecule has 0 aliphatic heterocycles. The van der Waals surface area contributed by atoms with E-state index < -0.39 is 0 Å². The zero-order valence-electron chi connectivity index (χ0n) is 11.1. The van der Waals surface area contributed by atoms with Crippen LogP contribution in [0.3, 0.4) is 0 Å². The van der Waals surface area contributed by atoms with Gasteiger partial charge in [-0.2, -0.15) is 5.10 Å². The molecule has 0 radical (unpaired) electrons. The molecule has 5 nitrogen and oxygen atoms in total. The Labute approximate surface area is 104 Å². The number of ether oxygens (including phenoxy) is 1. The zero-order valence-corrected chi connectivity index (χ0v) is 11.1. The average Bonchev–Trinajstić information content (AvgIpc) is 2.74. The van der Waals surface area contributed by atoms with Gasteiger partial charge in [0.2, 0.25) is 0 Å². The first-order chi connectivity index (χ1) is 8.17. The predicted octanol–water partition coefficient (Wildman–Crippen LogP) is 1.21. The lowest BCUT2D eigenvalue weighted by atomic mass is 10.2. The van der Waals surface area contributed by atoms with E-state index in [4.69, 9.17) is 10.5 Å². The normalized spacial score (nSPS) is 13.2. The van der Waals surface area contributed by atoms with Gasteiger partial charge in [0, 0.05) is 32.4 Å². The fourth-order valence-corrected chi connectivity index (χ4v) is 1.75. The van der Waals surface area contributed by atoms with Crippen LogP contribution in [0.5, 0.6) is 0 Å². The fraction of sp³-hybridized carbons (Fsp3) is 0.750. The number of aromatic nitrogens is 2. The third kappa shape index (κ3) is 4.75. The molecule has 1 unspecified atom stereocenters. The minimum absolute atomic E-state index is 0.568. The molecular formula is C12H24N4O. The molecule has 2 N–H and O–H groups in total. The van der Waals surface area contributed by atoms with Crippen LogP contribution in [0.1, 0.15) is 20.3 Å². The van der Waals surface area contributed by atoms with Crippen LogP contribution in [0, 0.1) is 0 Å². The van der Waals surface area contributed by atoms with Crippen LogP contribution >= 0.6 is 0 Å². The Balaban J connectivity index is 2.42. The molecule has 1 aromatic rings. The van der Waals surface area contributed by atoms with E-state index in [2.05, 4.69) is 23.8 Å². The first-order valence-electron chi connectivity index (χ1n) is 6.18. The van der Waals surface area contributed by atoms with Crippen molar-refractivity contribution in [3.63, 3.8) is 0 Å². The van der Waals surface area contributed by atoms with Crippen molar-refractivity contribution in [3.8, 4) is 0 Å². The molecule has 17 heavy (non-hydrogen) atoms. The largest absolute Gasteiger partial charge is 0.396 e. The summed E-state index contributed by atoms with van der Waals surface area (Å²) in [6.45, 7) is 8.02. The fourth-order valence-electron chi connectivity index (χ4n) is 1.75. The molecule has 1 heterocycles. The zero-order chi connectivity index (χ0) is 12.7. The third-order valence-electron chi connectivity index (χ3n) is 3.07. The van der Waals surface area contributed by atoms with Crippen LogP contribution in [-0.2, 0) is 11.3 Å². The quantitative estimate of drug-likeness (QED) is 0.742. The Morgan fingerprint density at radius 3 is 2.82 bits per heavy atom. The second-order valence-electron chi connectivity index (χ2n) is 4.32. The van der Waals surface area contributed by atoms with Gasteiger partial charge < -0.3 is 10.5 Å². The van der Waals surface area contributed by atoms with Gasteiger partial charge in [-0.25, -0.2) is 0 Å². The molecule has 0 saturated carbocycles. The minimum Gasteiger partial charge on any atom is -0.396 e. The van der Waals surface area contributed by atoms with Gasteiger partial charge in [-0.05, 0) is 13.3 Å². The van der Waals surface area contributed by atoms with Gasteiger partial charge in [0.1, 0.15) is 0 Å². The predicted molar refractivity (Wildman–Crippen MR) is 69.8 cm³/mol. The van der Waals surface area contributed by atoms with E-state index in [0.717, 1.165) is 38.3 Å². The maximum atomic E-state index is 5.63. The molecule has 0 saturated heterocycles. The highest BCUT2D eigenvalue weighted by Gasteiger charge is 2.11. The van der Waals surface area contributed by atoms with Gasteiger partial charge in [-0.3, -0.25) is 9.58 Å². The summed E-state index contributed by atoms with van der Waals surface area (Å²) in [7, 11) is 1.74. The Morgan fingerprint density at radius 1 is 1.53 bits per heavy atom. The molecular weight excluding hydrogens is 216 g/mol. The van der Waals surface area contributed by atoms with Gasteiger partial charge in [0.05, 0.1) is 25.0 Å². The van der Waals surface area contributed by atoms with Gasteiger partial charge in [-0.1, -0.05) is 6.92 Å². The lowest BCUT2D eigenvalue weighted by Crippen LogP contribution is -2.37. The maximum Gasteiger partial charge on any atom is 0.0719 e. The second-order valence-corrected chi connectivity index (χ2v) is 4.32. The molecule has 0 fully saturated rings. The van der Waals surface area contributed by atoms with Crippen molar-refractivity contribution in [2.24, 2.45) is 0 Å². The van der Waals surface area contributed by atoms with E-state index in [0.29, 0.717) is 6.04 Å². The molecule has 0 bridgehead atoms. The van der Waals surface area contributed by atoms with Crippen molar-refractivity contribution in [3.05, 3.63) is 12.4 Å². The van der Waals surface area contributed by atoms with Gasteiger partial charge >= 0.3 is 0 Å². The minimum atomic E-state index is 0.568. The summed E-state index contributed by atoms with van der Waals surface area (Å²) in [5.41, 5.74) is 6.35. The molecule has 1 rings (SSSR count). The Morgan fingerprint density at radius 2 is 2.29 bits per heavy atom. The molecule has 0 aliphatic rings. The van der Waals surface area contributed by atoms with Crippen molar-refractivity contribution in [2.45, 2.75) is 32.9 Å². The molecule has 0 aromatic carbocycles. The number of methoxy groups -OCH3 is 1. The smallest absolute Gasteiger partial charge is 0.0719 e. The molecule has 0 aliphatic carbocycles. The number of nitrogens with two attached hydrogens (primary N) is 1. The highest BCUT2D eigenvalue weighted by atomic mass is 16.5. The van der Waals surface area contributed by atoms with Crippen molar-refractivity contribution in [1.29, 1.82) is 0 Å². The molecule has 0 amide bonds. The average molecular weight is 240 g/mol. The molecule has 1 aromatic heterocycles. The van der Waals surface area contributed by atoms with Crippen LogP contribution < -0.4 is 5.73 Å². The summed E-state index contributed by atoms with van der Waals surface area (Å²) in [5.74, 6) is 0. The van der Waals surface area contributed by atoms with Crippen molar-refractivity contribution in [1.82, 2.24) is 14.7 Å². The van der Waals surface area contributed by atoms with Crippen LogP contribution in [0.4, 0.5) is 5.69 Å². The molecule has 1 atom stereocenters. The topological polar surface area (TPSA) is 56.3 Å². The number of nitrogen functional groups attached to an aromatic ring is 1. The van der Waals surface area contributed by atoms with Gasteiger partial charge in [0.25, 0.3) is 0 Å². The summed E-state index contributed by atoms with van der Waals surface area (Å²) in [4.78, 5) is 2.42. The SMILES string of the molecule is CCC(C)N(CCOC)CCn1cc(N)cn1. The Bertz CT molecular complexity index is 313. The highest BCUT2D eigenvalue weighted by molar-refractivity contribution is 5.30. The Kier molecular flexibility index (Phi) is 6.00. The van der Waals surface area contributed by atoms with E-state index >= 15 is 0 Å². The second kappa shape index (κ2) is 7.29. The number of nitrogens with zero attached hydrogens (tertiary/aromatic N) is 3. The highest BCUT2D eigenvalue weighted by Crippen LogP contribution is 2.04. The summed E-state index contributed by atoms with van der Waals surface area (Å²) < 4.78 is 7.03. The maximum absolute atomic E-state index is 5.63. The summed E-state index contributed by atoms with van der Waals surface area (Å²) >= 11 is 0. The standard InChI is InChI=1S/C12H24N4O/c1-4-11(2)15(7-8-17-3)5-6-16-10-12(13)9-14-16/h9-11H,4-8,13H2,1-3H3. The van der Waals surface area contributed by atoms with E-state index in [1.54, 1.807) is 13.3 Å². The van der Waals surface area contributed by atoms with E-state index in [9.17, 15) is 0 Å². The summed E-state index contributed by atoms with van der Waals surface area (Å²) in [6, 6.07) is 0.568. The van der Waals surface area contributed by atoms with Crippen molar-refractivity contribution in [2.75, 3.05) is 32.5 Å². The number of hydrogen-bond donors (Lipinski definition) is 1. The van der Waals surface area contributed by atoms with E-state index in [-0.39, 0.29) is 0 Å². The van der Waals surface area contributed by atoms with E-state index in [1.165, 1.54) is 0 Å². The van der Waals surface area contributed by atoms with Crippen molar-refractivity contribution < 1.29 is 4.74 Å². The van der Waals surface area contributed by atoms with Crippen LogP contribution in [0.2, 0.25) is 0 Å². The molecule has 5 heteroatoms. The number of hydrogen-bond acceptors (Lipinski definition) is 4. The lowest BCUT2D eigenvalue weighted by molar-refractivity contribution is 0.119. The number of anilines is 1. The van der Waals surface area contributed by atoms with E-state index in [1.807, 2.05) is 10.9 Å². The summed E-state index contributed by atoms with van der Waals surface area (Å²) in [6.07, 6.45) is 4.69. The Hall–Kier alpha value is -1.07. The first kappa shape index (κ1) is 14.0. The van der Waals surface area contributed by atoms with Gasteiger partial charge in [0.15, 0.2) is 0 Å².